The molecule has 1 aromatic rings. The number of anilines is 2. The fourth-order valence-electron chi connectivity index (χ4n) is 2.71. The maximum Gasteiger partial charge on any atom is 0.227 e. The Balaban J connectivity index is 1.77. The van der Waals surface area contributed by atoms with E-state index < -0.39 is 0 Å². The number of amides is 1. The molecule has 1 fully saturated rings. The van der Waals surface area contributed by atoms with E-state index in [4.69, 9.17) is 5.73 Å². The highest BCUT2D eigenvalue weighted by Gasteiger charge is 2.28. The molecule has 1 aliphatic heterocycles. The lowest BCUT2D eigenvalue weighted by Crippen LogP contribution is -2.31. The maximum atomic E-state index is 12.2. The highest BCUT2D eigenvalue weighted by Crippen LogP contribution is 2.34. The van der Waals surface area contributed by atoms with Gasteiger partial charge >= 0.3 is 0 Å². The molecule has 17 heavy (non-hydrogen) atoms. The molecule has 0 spiro atoms. The van der Waals surface area contributed by atoms with Crippen LogP contribution >= 0.6 is 0 Å². The van der Waals surface area contributed by atoms with Crippen LogP contribution in [0.5, 0.6) is 0 Å². The van der Waals surface area contributed by atoms with Crippen molar-refractivity contribution < 1.29 is 4.79 Å². The minimum atomic E-state index is 0.277. The Hall–Kier alpha value is -1.51. The molecular weight excluding hydrogens is 212 g/mol. The van der Waals surface area contributed by atoms with Crippen molar-refractivity contribution >= 4 is 17.3 Å². The maximum absolute atomic E-state index is 12.2. The number of carbonyl (C=O) groups excluding carboxylic acids is 1. The Morgan fingerprint density at radius 2 is 2.24 bits per heavy atom. The predicted molar refractivity (Wildman–Crippen MR) is 68.9 cm³/mol. The van der Waals surface area contributed by atoms with Crippen molar-refractivity contribution in [1.82, 2.24) is 0 Å². The summed E-state index contributed by atoms with van der Waals surface area (Å²) in [6.07, 6.45) is 5.43. The summed E-state index contributed by atoms with van der Waals surface area (Å²) in [5.41, 5.74) is 8.82. The van der Waals surface area contributed by atoms with Crippen molar-refractivity contribution in [2.75, 3.05) is 17.2 Å². The number of hydrogen-bond donors (Lipinski definition) is 1. The number of nitrogens with two attached hydrogens (primary N) is 1. The number of benzene rings is 1. The summed E-state index contributed by atoms with van der Waals surface area (Å²) in [5, 5.41) is 0. The second-order valence-corrected chi connectivity index (χ2v) is 5.18. The Morgan fingerprint density at radius 3 is 2.94 bits per heavy atom. The average Bonchev–Trinajstić information content (AvgIpc) is 2.66. The molecule has 1 aliphatic carbocycles. The first-order valence-electron chi connectivity index (χ1n) is 6.43. The van der Waals surface area contributed by atoms with E-state index in [2.05, 4.69) is 0 Å². The second kappa shape index (κ2) is 4.06. The van der Waals surface area contributed by atoms with Crippen molar-refractivity contribution in [3.05, 3.63) is 23.8 Å². The Morgan fingerprint density at radius 1 is 1.41 bits per heavy atom. The van der Waals surface area contributed by atoms with Crippen molar-refractivity contribution in [2.45, 2.75) is 32.1 Å². The monoisotopic (exact) mass is 230 g/mol. The van der Waals surface area contributed by atoms with Crippen LogP contribution in [0.25, 0.3) is 0 Å². The quantitative estimate of drug-likeness (QED) is 0.793. The summed E-state index contributed by atoms with van der Waals surface area (Å²) in [5.74, 6) is 0.909. The molecule has 1 aromatic carbocycles. The van der Waals surface area contributed by atoms with Gasteiger partial charge in [0.15, 0.2) is 0 Å². The van der Waals surface area contributed by atoms with Crippen LogP contribution in [0.3, 0.4) is 0 Å². The minimum Gasteiger partial charge on any atom is -0.399 e. The molecule has 0 bridgehead atoms. The molecular formula is C14H18N2O. The van der Waals surface area contributed by atoms with Gasteiger partial charge in [0, 0.05) is 24.3 Å². The van der Waals surface area contributed by atoms with Gasteiger partial charge in [-0.05, 0) is 42.9 Å². The van der Waals surface area contributed by atoms with Crippen molar-refractivity contribution in [2.24, 2.45) is 5.92 Å². The lowest BCUT2D eigenvalue weighted by Gasteiger charge is -2.27. The van der Waals surface area contributed by atoms with Gasteiger partial charge in [-0.3, -0.25) is 4.79 Å². The van der Waals surface area contributed by atoms with E-state index in [1.807, 2.05) is 23.1 Å². The van der Waals surface area contributed by atoms with Gasteiger partial charge in [-0.15, -0.1) is 0 Å². The van der Waals surface area contributed by atoms with Crippen LogP contribution < -0.4 is 10.6 Å². The normalized spacial score (nSPS) is 18.9. The number of nitrogen functional groups attached to an aromatic ring is 1. The largest absolute Gasteiger partial charge is 0.399 e. The highest BCUT2D eigenvalue weighted by molar-refractivity contribution is 5.96. The number of rotatable bonds is 2. The van der Waals surface area contributed by atoms with E-state index in [-0.39, 0.29) is 5.91 Å². The zero-order chi connectivity index (χ0) is 11.8. The number of nitrogens with zero attached hydrogens (tertiary/aromatic N) is 1. The van der Waals surface area contributed by atoms with E-state index in [0.29, 0.717) is 12.3 Å². The molecule has 3 nitrogen and oxygen atoms in total. The molecule has 3 heteroatoms. The van der Waals surface area contributed by atoms with Gasteiger partial charge in [0.25, 0.3) is 0 Å². The molecule has 2 N–H and O–H groups in total. The van der Waals surface area contributed by atoms with Crippen molar-refractivity contribution in [3.63, 3.8) is 0 Å². The molecule has 0 radical (unpaired) electrons. The third-order valence-electron chi connectivity index (χ3n) is 3.99. The Bertz CT molecular complexity index is 452. The third-order valence-corrected chi connectivity index (χ3v) is 3.99. The first kappa shape index (κ1) is 10.6. The fraction of sp³-hybridized carbons (Fsp3) is 0.500. The van der Waals surface area contributed by atoms with Crippen molar-refractivity contribution in [3.8, 4) is 0 Å². The van der Waals surface area contributed by atoms with E-state index in [9.17, 15) is 4.79 Å². The van der Waals surface area contributed by atoms with Gasteiger partial charge in [0.1, 0.15) is 0 Å². The van der Waals surface area contributed by atoms with Gasteiger partial charge in [-0.2, -0.15) is 0 Å². The Labute approximate surface area is 102 Å². The molecule has 0 saturated heterocycles. The van der Waals surface area contributed by atoms with Gasteiger partial charge in [0.2, 0.25) is 5.91 Å². The molecule has 0 atom stereocenters. The summed E-state index contributed by atoms with van der Waals surface area (Å²) in [6, 6.07) is 5.89. The molecule has 1 amide bonds. The van der Waals surface area contributed by atoms with E-state index in [1.54, 1.807) is 0 Å². The fourth-order valence-corrected chi connectivity index (χ4v) is 2.71. The SMILES string of the molecule is Nc1ccc2c(c1)N(C(=O)CC1CCC1)CC2. The van der Waals surface area contributed by atoms with Crippen LogP contribution in [0.15, 0.2) is 18.2 Å². The second-order valence-electron chi connectivity index (χ2n) is 5.18. The predicted octanol–water partition coefficient (Wildman–Crippen LogP) is 2.35. The first-order valence-corrected chi connectivity index (χ1v) is 6.43. The van der Waals surface area contributed by atoms with Crippen LogP contribution in [0.1, 0.15) is 31.2 Å². The topological polar surface area (TPSA) is 46.3 Å². The summed E-state index contributed by atoms with van der Waals surface area (Å²) >= 11 is 0. The van der Waals surface area contributed by atoms with Crippen LogP contribution in [-0.4, -0.2) is 12.5 Å². The lowest BCUT2D eigenvalue weighted by atomic mass is 9.82. The van der Waals surface area contributed by atoms with Crippen LogP contribution in [-0.2, 0) is 11.2 Å². The van der Waals surface area contributed by atoms with E-state index >= 15 is 0 Å². The van der Waals surface area contributed by atoms with Crippen molar-refractivity contribution in [1.29, 1.82) is 0 Å². The van der Waals surface area contributed by atoms with Gasteiger partial charge in [-0.25, -0.2) is 0 Å². The molecule has 0 unspecified atom stereocenters. The zero-order valence-electron chi connectivity index (χ0n) is 9.98. The summed E-state index contributed by atoms with van der Waals surface area (Å²) in [7, 11) is 0. The number of fused-ring (bicyclic) bond motifs is 1. The third kappa shape index (κ3) is 1.90. The Kier molecular flexibility index (Phi) is 2.54. The van der Waals surface area contributed by atoms with E-state index in [0.717, 1.165) is 24.3 Å². The summed E-state index contributed by atoms with van der Waals surface area (Å²) < 4.78 is 0. The molecule has 90 valence electrons. The molecule has 1 heterocycles. The summed E-state index contributed by atoms with van der Waals surface area (Å²) in [4.78, 5) is 14.1. The lowest BCUT2D eigenvalue weighted by molar-refractivity contribution is -0.120. The standard InChI is InChI=1S/C14H18N2O/c15-12-5-4-11-6-7-16(13(11)9-12)14(17)8-10-2-1-3-10/h4-5,9-10H,1-3,6-8,15H2. The highest BCUT2D eigenvalue weighted by atomic mass is 16.2. The number of hydrogen-bond acceptors (Lipinski definition) is 2. The van der Waals surface area contributed by atoms with E-state index in [1.165, 1.54) is 24.8 Å². The van der Waals surface area contributed by atoms with Gasteiger partial charge in [0.05, 0.1) is 0 Å². The number of carbonyl (C=O) groups is 1. The molecule has 3 rings (SSSR count). The molecule has 0 aromatic heterocycles. The summed E-state index contributed by atoms with van der Waals surface area (Å²) in [6.45, 7) is 0.824. The van der Waals surface area contributed by atoms with Crippen LogP contribution in [0.2, 0.25) is 0 Å². The average molecular weight is 230 g/mol. The molecule has 1 saturated carbocycles. The first-order chi connectivity index (χ1) is 8.24. The molecule has 2 aliphatic rings. The van der Waals surface area contributed by atoms with Crippen LogP contribution in [0, 0.1) is 5.92 Å². The van der Waals surface area contributed by atoms with Crippen LogP contribution in [0.4, 0.5) is 11.4 Å². The smallest absolute Gasteiger partial charge is 0.227 e. The minimum absolute atomic E-state index is 0.277. The van der Waals surface area contributed by atoms with Gasteiger partial charge < -0.3 is 10.6 Å². The zero-order valence-corrected chi connectivity index (χ0v) is 9.98. The van der Waals surface area contributed by atoms with Gasteiger partial charge in [-0.1, -0.05) is 12.5 Å².